The van der Waals surface area contributed by atoms with E-state index in [1.54, 1.807) is 30.5 Å². The Morgan fingerprint density at radius 1 is 1.30 bits per heavy atom. The molecule has 1 amide bonds. The standard InChI is InChI=1S/C18H16N2O6S/c1-3-25-15(21)8-11-9-27-18(19-11)20-16(22)13-7-10-6-12(24-2)4-5-14(10)26-17(13)23/h4-7,9H,3,8H2,1-2H3,(H,19,20,22). The number of amides is 1. The molecule has 0 aliphatic heterocycles. The van der Waals surface area contributed by atoms with Gasteiger partial charge in [-0.1, -0.05) is 0 Å². The maximum Gasteiger partial charge on any atom is 0.349 e. The highest BCUT2D eigenvalue weighted by molar-refractivity contribution is 7.14. The average Bonchev–Trinajstić information content (AvgIpc) is 3.07. The van der Waals surface area contributed by atoms with Crippen molar-refractivity contribution < 1.29 is 23.5 Å². The SMILES string of the molecule is CCOC(=O)Cc1csc(NC(=O)c2cc3cc(OC)ccc3oc2=O)n1. The number of anilines is 1. The monoisotopic (exact) mass is 388 g/mol. The van der Waals surface area contributed by atoms with E-state index in [2.05, 4.69) is 10.3 Å². The van der Waals surface area contributed by atoms with Crippen molar-refractivity contribution in [2.24, 2.45) is 0 Å². The number of hydrogen-bond acceptors (Lipinski definition) is 8. The Balaban J connectivity index is 1.80. The number of hydrogen-bond donors (Lipinski definition) is 1. The van der Waals surface area contributed by atoms with E-state index in [9.17, 15) is 14.4 Å². The number of esters is 1. The van der Waals surface area contributed by atoms with Crippen LogP contribution in [0.2, 0.25) is 0 Å². The number of methoxy groups -OCH3 is 1. The van der Waals surface area contributed by atoms with E-state index in [1.165, 1.54) is 13.2 Å². The third kappa shape index (κ3) is 4.32. The van der Waals surface area contributed by atoms with Gasteiger partial charge in [0.1, 0.15) is 16.9 Å². The number of thiazole rings is 1. The molecule has 27 heavy (non-hydrogen) atoms. The van der Waals surface area contributed by atoms with Crippen LogP contribution in [0.5, 0.6) is 5.75 Å². The highest BCUT2D eigenvalue weighted by atomic mass is 32.1. The van der Waals surface area contributed by atoms with Crippen molar-refractivity contribution in [3.05, 3.63) is 51.3 Å². The highest BCUT2D eigenvalue weighted by Crippen LogP contribution is 2.21. The van der Waals surface area contributed by atoms with Crippen molar-refractivity contribution in [2.75, 3.05) is 19.0 Å². The lowest BCUT2D eigenvalue weighted by Crippen LogP contribution is -2.20. The normalized spacial score (nSPS) is 10.6. The summed E-state index contributed by atoms with van der Waals surface area (Å²) in [5, 5.41) is 5.01. The fraction of sp³-hybridized carbons (Fsp3) is 0.222. The third-order valence-electron chi connectivity index (χ3n) is 3.59. The molecule has 0 aliphatic rings. The average molecular weight is 388 g/mol. The van der Waals surface area contributed by atoms with Gasteiger partial charge in [-0.15, -0.1) is 11.3 Å². The summed E-state index contributed by atoms with van der Waals surface area (Å²) >= 11 is 1.14. The van der Waals surface area contributed by atoms with E-state index in [0.717, 1.165) is 11.3 Å². The molecule has 0 radical (unpaired) electrons. The summed E-state index contributed by atoms with van der Waals surface area (Å²) in [5.41, 5.74) is -0.0845. The van der Waals surface area contributed by atoms with Crippen LogP contribution in [0.4, 0.5) is 5.13 Å². The maximum absolute atomic E-state index is 12.4. The first-order valence-corrected chi connectivity index (χ1v) is 8.91. The maximum atomic E-state index is 12.4. The summed E-state index contributed by atoms with van der Waals surface area (Å²) in [6.45, 7) is 2.00. The molecule has 0 unspecified atom stereocenters. The second-order valence-electron chi connectivity index (χ2n) is 5.43. The molecule has 1 N–H and O–H groups in total. The van der Waals surface area contributed by atoms with Crippen molar-refractivity contribution in [2.45, 2.75) is 13.3 Å². The van der Waals surface area contributed by atoms with Crippen LogP contribution in [0.25, 0.3) is 11.0 Å². The largest absolute Gasteiger partial charge is 0.497 e. The van der Waals surface area contributed by atoms with E-state index in [0.29, 0.717) is 22.4 Å². The molecule has 0 saturated carbocycles. The minimum absolute atomic E-state index is 0.0120. The van der Waals surface area contributed by atoms with Gasteiger partial charge in [-0.05, 0) is 31.2 Å². The van der Waals surface area contributed by atoms with E-state index in [1.807, 2.05) is 0 Å². The Morgan fingerprint density at radius 3 is 2.85 bits per heavy atom. The quantitative estimate of drug-likeness (QED) is 0.511. The topological polar surface area (TPSA) is 108 Å². The summed E-state index contributed by atoms with van der Waals surface area (Å²) in [6, 6.07) is 6.35. The predicted octanol–water partition coefficient (Wildman–Crippen LogP) is 2.62. The van der Waals surface area contributed by atoms with Gasteiger partial charge in [-0.3, -0.25) is 14.9 Å². The summed E-state index contributed by atoms with van der Waals surface area (Å²) in [5.74, 6) is -0.471. The smallest absolute Gasteiger partial charge is 0.349 e. The van der Waals surface area contributed by atoms with E-state index in [-0.39, 0.29) is 23.7 Å². The number of aromatic nitrogens is 1. The molecule has 0 spiro atoms. The van der Waals surface area contributed by atoms with E-state index >= 15 is 0 Å². The zero-order valence-electron chi connectivity index (χ0n) is 14.6. The van der Waals surface area contributed by atoms with Gasteiger partial charge in [0, 0.05) is 10.8 Å². The van der Waals surface area contributed by atoms with Crippen LogP contribution >= 0.6 is 11.3 Å². The molecule has 140 valence electrons. The fourth-order valence-electron chi connectivity index (χ4n) is 2.36. The summed E-state index contributed by atoms with van der Waals surface area (Å²) in [4.78, 5) is 40.2. The van der Waals surface area contributed by atoms with Gasteiger partial charge in [0.15, 0.2) is 5.13 Å². The molecule has 0 atom stereocenters. The van der Waals surface area contributed by atoms with Crippen molar-refractivity contribution in [3.63, 3.8) is 0 Å². The first-order chi connectivity index (χ1) is 13.0. The zero-order valence-corrected chi connectivity index (χ0v) is 15.4. The Bertz CT molecular complexity index is 1060. The number of nitrogens with zero attached hydrogens (tertiary/aromatic N) is 1. The summed E-state index contributed by atoms with van der Waals surface area (Å²) < 4.78 is 15.2. The van der Waals surface area contributed by atoms with Crippen LogP contribution in [0.3, 0.4) is 0 Å². The lowest BCUT2D eigenvalue weighted by Gasteiger charge is -2.04. The molecule has 8 nitrogen and oxygen atoms in total. The number of carbonyl (C=O) groups is 2. The first-order valence-electron chi connectivity index (χ1n) is 8.03. The van der Waals surface area contributed by atoms with Crippen molar-refractivity contribution >= 4 is 39.3 Å². The van der Waals surface area contributed by atoms with Crippen LogP contribution in [0, 0.1) is 0 Å². The number of nitrogens with one attached hydrogen (secondary N) is 1. The first kappa shape index (κ1) is 18.6. The fourth-order valence-corrected chi connectivity index (χ4v) is 3.06. The van der Waals surface area contributed by atoms with Crippen molar-refractivity contribution in [3.8, 4) is 5.75 Å². The second-order valence-corrected chi connectivity index (χ2v) is 6.29. The number of carbonyl (C=O) groups excluding carboxylic acids is 2. The van der Waals surface area contributed by atoms with Crippen LogP contribution < -0.4 is 15.7 Å². The molecular weight excluding hydrogens is 372 g/mol. The molecule has 3 aromatic rings. The van der Waals surface area contributed by atoms with Gasteiger partial charge in [-0.2, -0.15) is 0 Å². The Morgan fingerprint density at radius 2 is 2.11 bits per heavy atom. The highest BCUT2D eigenvalue weighted by Gasteiger charge is 2.16. The molecule has 0 bridgehead atoms. The molecule has 9 heteroatoms. The Hall–Kier alpha value is -3.20. The molecule has 3 rings (SSSR count). The lowest BCUT2D eigenvalue weighted by atomic mass is 10.1. The molecular formula is C18H16N2O6S. The summed E-state index contributed by atoms with van der Waals surface area (Å²) in [7, 11) is 1.52. The molecule has 2 aromatic heterocycles. The number of rotatable bonds is 6. The molecule has 0 aliphatic carbocycles. The van der Waals surface area contributed by atoms with Crippen LogP contribution in [-0.2, 0) is 16.0 Å². The lowest BCUT2D eigenvalue weighted by molar-refractivity contribution is -0.142. The van der Waals surface area contributed by atoms with Gasteiger partial charge in [0.2, 0.25) is 0 Å². The van der Waals surface area contributed by atoms with Crippen molar-refractivity contribution in [1.29, 1.82) is 0 Å². The predicted molar refractivity (Wildman–Crippen MR) is 99.4 cm³/mol. The number of ether oxygens (including phenoxy) is 2. The molecule has 0 saturated heterocycles. The second kappa shape index (κ2) is 8.00. The molecule has 2 heterocycles. The van der Waals surface area contributed by atoms with Gasteiger partial charge < -0.3 is 13.9 Å². The summed E-state index contributed by atoms with van der Waals surface area (Å²) in [6.07, 6.45) is 0.0120. The van der Waals surface area contributed by atoms with Gasteiger partial charge in [0.05, 0.1) is 25.8 Å². The van der Waals surface area contributed by atoms with Crippen LogP contribution in [0.1, 0.15) is 23.0 Å². The van der Waals surface area contributed by atoms with Crippen LogP contribution in [0.15, 0.2) is 38.9 Å². The number of fused-ring (bicyclic) bond motifs is 1. The molecule has 0 fully saturated rings. The van der Waals surface area contributed by atoms with Crippen molar-refractivity contribution in [1.82, 2.24) is 4.98 Å². The van der Waals surface area contributed by atoms with Crippen LogP contribution in [-0.4, -0.2) is 30.6 Å². The van der Waals surface area contributed by atoms with Gasteiger partial charge in [0.25, 0.3) is 5.91 Å². The third-order valence-corrected chi connectivity index (χ3v) is 4.39. The zero-order chi connectivity index (χ0) is 19.4. The minimum atomic E-state index is -0.756. The molecule has 1 aromatic carbocycles. The minimum Gasteiger partial charge on any atom is -0.497 e. The number of benzene rings is 1. The van der Waals surface area contributed by atoms with E-state index < -0.39 is 17.5 Å². The van der Waals surface area contributed by atoms with E-state index in [4.69, 9.17) is 13.9 Å². The Labute approximate surface area is 157 Å². The Kier molecular flexibility index (Phi) is 5.51. The van der Waals surface area contributed by atoms with Gasteiger partial charge >= 0.3 is 11.6 Å². The van der Waals surface area contributed by atoms with Gasteiger partial charge in [-0.25, -0.2) is 9.78 Å².